The number of carboxylic acids is 1. The number of rotatable bonds is 6. The van der Waals surface area contributed by atoms with Crippen LogP contribution in [0.2, 0.25) is 5.02 Å². The van der Waals surface area contributed by atoms with Crippen molar-refractivity contribution in [2.75, 3.05) is 6.61 Å². The van der Waals surface area contributed by atoms with Crippen LogP contribution in [0.5, 0.6) is 5.75 Å². The van der Waals surface area contributed by atoms with Gasteiger partial charge in [-0.2, -0.15) is 0 Å². The number of ether oxygens (including phenoxy) is 1. The first kappa shape index (κ1) is 17.3. The maximum Gasteiger partial charge on any atom is 0.307 e. The molecule has 1 N–H and O–H groups in total. The van der Waals surface area contributed by atoms with Crippen molar-refractivity contribution in [3.8, 4) is 17.6 Å². The highest BCUT2D eigenvalue weighted by Crippen LogP contribution is 2.33. The summed E-state index contributed by atoms with van der Waals surface area (Å²) in [5, 5.41) is 9.58. The van der Waals surface area contributed by atoms with Crippen LogP contribution >= 0.6 is 23.4 Å². The molecule has 0 amide bonds. The smallest absolute Gasteiger partial charge is 0.307 e. The second kappa shape index (κ2) is 8.52. The second-order valence-corrected chi connectivity index (χ2v) is 6.16. The van der Waals surface area contributed by atoms with Crippen molar-refractivity contribution in [2.45, 2.75) is 23.1 Å². The lowest BCUT2D eigenvalue weighted by Gasteiger charge is -2.09. The highest BCUT2D eigenvalue weighted by Gasteiger charge is 2.09. The number of halogens is 1. The summed E-state index contributed by atoms with van der Waals surface area (Å²) in [5.74, 6) is 5.48. The molecule has 3 nitrogen and oxygen atoms in total. The fourth-order valence-corrected chi connectivity index (χ4v) is 3.07. The minimum absolute atomic E-state index is 0.0314. The Morgan fingerprint density at radius 2 is 2.00 bits per heavy atom. The van der Waals surface area contributed by atoms with E-state index < -0.39 is 5.97 Å². The molecule has 0 unspecified atom stereocenters. The van der Waals surface area contributed by atoms with Crippen molar-refractivity contribution in [1.29, 1.82) is 0 Å². The quantitative estimate of drug-likeness (QED) is 0.781. The predicted octanol–water partition coefficient (Wildman–Crippen LogP) is 4.52. The van der Waals surface area contributed by atoms with Crippen LogP contribution < -0.4 is 4.74 Å². The van der Waals surface area contributed by atoms with E-state index in [-0.39, 0.29) is 6.42 Å². The SMILES string of the molecule is CC#CCOc1ccc(Sc2cc(Cl)ccc2CC(=O)O)cc1. The van der Waals surface area contributed by atoms with E-state index in [0.29, 0.717) is 11.6 Å². The summed E-state index contributed by atoms with van der Waals surface area (Å²) in [7, 11) is 0. The lowest BCUT2D eigenvalue weighted by molar-refractivity contribution is -0.136. The molecule has 0 aliphatic rings. The molecule has 2 rings (SSSR count). The lowest BCUT2D eigenvalue weighted by atomic mass is 10.1. The average Bonchev–Trinajstić information content (AvgIpc) is 2.52. The van der Waals surface area contributed by atoms with Crippen molar-refractivity contribution in [2.24, 2.45) is 0 Å². The van der Waals surface area contributed by atoms with Crippen LogP contribution in [0, 0.1) is 11.8 Å². The maximum atomic E-state index is 11.0. The van der Waals surface area contributed by atoms with Gasteiger partial charge in [0.05, 0.1) is 6.42 Å². The van der Waals surface area contributed by atoms with E-state index in [4.69, 9.17) is 21.4 Å². The molecule has 0 saturated carbocycles. The van der Waals surface area contributed by atoms with Crippen molar-refractivity contribution in [3.05, 3.63) is 53.1 Å². The fraction of sp³-hybridized carbons (Fsp3) is 0.167. The molecule has 0 fully saturated rings. The third-order valence-corrected chi connectivity index (χ3v) is 4.25. The van der Waals surface area contributed by atoms with Gasteiger partial charge in [-0.15, -0.1) is 5.92 Å². The van der Waals surface area contributed by atoms with E-state index >= 15 is 0 Å². The van der Waals surface area contributed by atoms with E-state index in [9.17, 15) is 4.79 Å². The first-order valence-corrected chi connectivity index (χ1v) is 8.08. The Kier molecular flexibility index (Phi) is 6.40. The summed E-state index contributed by atoms with van der Waals surface area (Å²) in [6.07, 6.45) is -0.0314. The molecule has 118 valence electrons. The molecular formula is C18H15ClO3S. The Bertz CT molecular complexity index is 745. The Balaban J connectivity index is 2.13. The lowest BCUT2D eigenvalue weighted by Crippen LogP contribution is -2.01. The number of carboxylic acid groups (broad SMARTS) is 1. The van der Waals surface area contributed by atoms with Crippen LogP contribution in [-0.4, -0.2) is 17.7 Å². The zero-order valence-corrected chi connectivity index (χ0v) is 14.1. The highest BCUT2D eigenvalue weighted by atomic mass is 35.5. The molecule has 0 aromatic heterocycles. The molecule has 23 heavy (non-hydrogen) atoms. The van der Waals surface area contributed by atoms with Crippen LogP contribution in [0.25, 0.3) is 0 Å². The maximum absolute atomic E-state index is 11.0. The number of carbonyl (C=O) groups is 1. The molecule has 0 bridgehead atoms. The summed E-state index contributed by atoms with van der Waals surface area (Å²) in [4.78, 5) is 12.8. The van der Waals surface area contributed by atoms with Crippen LogP contribution in [0.1, 0.15) is 12.5 Å². The van der Waals surface area contributed by atoms with Crippen molar-refractivity contribution >= 4 is 29.3 Å². The van der Waals surface area contributed by atoms with Gasteiger partial charge >= 0.3 is 5.97 Å². The van der Waals surface area contributed by atoms with E-state index in [0.717, 1.165) is 21.1 Å². The number of benzene rings is 2. The molecular weight excluding hydrogens is 332 g/mol. The zero-order chi connectivity index (χ0) is 16.7. The molecule has 0 atom stereocenters. The van der Waals surface area contributed by atoms with Crippen molar-refractivity contribution < 1.29 is 14.6 Å². The second-order valence-electron chi connectivity index (χ2n) is 4.61. The van der Waals surface area contributed by atoms with E-state index in [2.05, 4.69) is 11.8 Å². The molecule has 0 spiro atoms. The van der Waals surface area contributed by atoms with Gasteiger partial charge in [0.25, 0.3) is 0 Å². The largest absolute Gasteiger partial charge is 0.481 e. The van der Waals surface area contributed by atoms with Crippen LogP contribution in [0.15, 0.2) is 52.3 Å². The molecule has 0 radical (unpaired) electrons. The van der Waals surface area contributed by atoms with Gasteiger partial charge in [0.1, 0.15) is 12.4 Å². The molecule has 5 heteroatoms. The average molecular weight is 347 g/mol. The van der Waals surface area contributed by atoms with Gasteiger partial charge < -0.3 is 9.84 Å². The molecule has 0 aliphatic carbocycles. The Labute approximate surface area is 144 Å². The summed E-state index contributed by atoms with van der Waals surface area (Å²) in [6, 6.07) is 12.8. The Hall–Kier alpha value is -2.09. The monoisotopic (exact) mass is 346 g/mol. The first-order valence-electron chi connectivity index (χ1n) is 6.89. The number of hydrogen-bond acceptors (Lipinski definition) is 3. The molecule has 2 aromatic carbocycles. The fourth-order valence-electron chi connectivity index (χ4n) is 1.85. The number of aliphatic carboxylic acids is 1. The predicted molar refractivity (Wildman–Crippen MR) is 92.3 cm³/mol. The minimum Gasteiger partial charge on any atom is -0.481 e. The van der Waals surface area contributed by atoms with Gasteiger partial charge in [0.15, 0.2) is 0 Å². The normalized spacial score (nSPS) is 9.83. The molecule has 0 saturated heterocycles. The summed E-state index contributed by atoms with van der Waals surface area (Å²) in [5.41, 5.74) is 0.741. The third-order valence-electron chi connectivity index (χ3n) is 2.91. The standard InChI is InChI=1S/C18H15ClO3S/c1-2-3-10-22-15-6-8-16(9-7-15)23-17-12-14(19)5-4-13(17)11-18(20)21/h4-9,12H,10-11H2,1H3,(H,20,21). The van der Waals surface area contributed by atoms with Gasteiger partial charge in [-0.1, -0.05) is 35.3 Å². The molecule has 2 aromatic rings. The van der Waals surface area contributed by atoms with E-state index in [1.54, 1.807) is 25.1 Å². The Morgan fingerprint density at radius 3 is 2.65 bits per heavy atom. The Morgan fingerprint density at radius 1 is 1.26 bits per heavy atom. The van der Waals surface area contributed by atoms with Crippen LogP contribution in [0.3, 0.4) is 0 Å². The van der Waals surface area contributed by atoms with Gasteiger partial charge in [-0.25, -0.2) is 0 Å². The van der Waals surface area contributed by atoms with Crippen molar-refractivity contribution in [1.82, 2.24) is 0 Å². The molecule has 0 aliphatic heterocycles. The summed E-state index contributed by atoms with van der Waals surface area (Å²) in [6.45, 7) is 2.13. The van der Waals surface area contributed by atoms with Gasteiger partial charge in [0.2, 0.25) is 0 Å². The number of hydrogen-bond donors (Lipinski definition) is 1. The minimum atomic E-state index is -0.866. The van der Waals surface area contributed by atoms with Gasteiger partial charge in [-0.3, -0.25) is 4.79 Å². The topological polar surface area (TPSA) is 46.5 Å². The van der Waals surface area contributed by atoms with Crippen molar-refractivity contribution in [3.63, 3.8) is 0 Å². The van der Waals surface area contributed by atoms with E-state index in [1.165, 1.54) is 11.8 Å². The summed E-state index contributed by atoms with van der Waals surface area (Å²) >= 11 is 7.50. The summed E-state index contributed by atoms with van der Waals surface area (Å²) < 4.78 is 5.47. The third kappa shape index (κ3) is 5.55. The van der Waals surface area contributed by atoms with Gasteiger partial charge in [-0.05, 0) is 48.9 Å². The molecule has 0 heterocycles. The van der Waals surface area contributed by atoms with E-state index in [1.807, 2.05) is 24.3 Å². The van der Waals surface area contributed by atoms with Crippen LogP contribution in [0.4, 0.5) is 0 Å². The highest BCUT2D eigenvalue weighted by molar-refractivity contribution is 7.99. The zero-order valence-electron chi connectivity index (χ0n) is 12.5. The van der Waals surface area contributed by atoms with Crippen LogP contribution in [-0.2, 0) is 11.2 Å². The van der Waals surface area contributed by atoms with Gasteiger partial charge in [0, 0.05) is 14.8 Å². The first-order chi connectivity index (χ1) is 11.1.